The molecular weight excluding hydrogens is 851 g/mol. The molecule has 0 amide bonds. The van der Waals surface area contributed by atoms with E-state index in [9.17, 15) is 0 Å². The third kappa shape index (κ3) is 6.75. The van der Waals surface area contributed by atoms with Crippen molar-refractivity contribution in [2.45, 2.75) is 0 Å². The standard InChI is InChI=1S/C65H41N5/c1-5-17-47-36-52(26-24-42(47)12-1)64-66-63(67-65(68-64)53-27-25-43-13-2-6-18-48(43)37-53)51-21-11-22-54(40-51)70-61-35-33-57(41-60(61)59-34-30-46-16-9-10-23-58(46)62(59)70)69(55-31-28-44-14-3-7-19-49(44)38-55)56-32-29-45-15-4-8-20-50(45)39-56/h1-41H. The number of hydrogen-bond acceptors (Lipinski definition) is 4. The Kier molecular flexibility index (Phi) is 9.14. The zero-order valence-electron chi connectivity index (χ0n) is 37.9. The van der Waals surface area contributed by atoms with Crippen LogP contribution in [-0.2, 0) is 0 Å². The fourth-order valence-corrected chi connectivity index (χ4v) is 10.5. The summed E-state index contributed by atoms with van der Waals surface area (Å²) in [6.07, 6.45) is 0. The van der Waals surface area contributed by atoms with Crippen LogP contribution in [0.5, 0.6) is 0 Å². The molecule has 0 aliphatic rings. The molecule has 0 unspecified atom stereocenters. The van der Waals surface area contributed by atoms with Crippen molar-refractivity contribution < 1.29 is 0 Å². The van der Waals surface area contributed by atoms with Gasteiger partial charge in [-0.25, -0.2) is 15.0 Å². The van der Waals surface area contributed by atoms with Gasteiger partial charge in [0.1, 0.15) is 0 Å². The van der Waals surface area contributed by atoms with Crippen molar-refractivity contribution in [3.8, 4) is 39.9 Å². The Morgan fingerprint density at radius 2 is 0.700 bits per heavy atom. The lowest BCUT2D eigenvalue weighted by Crippen LogP contribution is -2.10. The molecule has 5 nitrogen and oxygen atoms in total. The zero-order valence-corrected chi connectivity index (χ0v) is 37.9. The molecule has 0 N–H and O–H groups in total. The number of hydrogen-bond donors (Lipinski definition) is 0. The quantitative estimate of drug-likeness (QED) is 0.160. The molecule has 0 atom stereocenters. The Morgan fingerprint density at radius 3 is 1.26 bits per heavy atom. The summed E-state index contributed by atoms with van der Waals surface area (Å²) >= 11 is 0. The van der Waals surface area contributed by atoms with E-state index in [1.54, 1.807) is 0 Å². The van der Waals surface area contributed by atoms with Gasteiger partial charge in [-0.15, -0.1) is 0 Å². The molecule has 0 saturated heterocycles. The van der Waals surface area contributed by atoms with Crippen LogP contribution in [0.2, 0.25) is 0 Å². The number of anilines is 3. The van der Waals surface area contributed by atoms with E-state index in [0.717, 1.165) is 66.6 Å². The van der Waals surface area contributed by atoms with E-state index in [4.69, 9.17) is 15.0 Å². The Balaban J connectivity index is 0.967. The third-order valence-electron chi connectivity index (χ3n) is 13.9. The highest BCUT2D eigenvalue weighted by Gasteiger charge is 2.21. The minimum Gasteiger partial charge on any atom is -0.310 e. The van der Waals surface area contributed by atoms with Gasteiger partial charge in [-0.05, 0) is 115 Å². The van der Waals surface area contributed by atoms with Crippen LogP contribution in [0.3, 0.4) is 0 Å². The predicted molar refractivity (Wildman–Crippen MR) is 293 cm³/mol. The lowest BCUT2D eigenvalue weighted by Gasteiger charge is -2.26. The van der Waals surface area contributed by atoms with Gasteiger partial charge in [-0.2, -0.15) is 0 Å². The first kappa shape index (κ1) is 39.7. The number of rotatable bonds is 7. The first-order valence-corrected chi connectivity index (χ1v) is 23.7. The topological polar surface area (TPSA) is 46.8 Å². The molecular formula is C65H41N5. The molecule has 2 aromatic heterocycles. The molecule has 2 heterocycles. The lowest BCUT2D eigenvalue weighted by molar-refractivity contribution is 1.07. The first-order valence-electron chi connectivity index (χ1n) is 23.7. The summed E-state index contributed by atoms with van der Waals surface area (Å²) in [5, 5.41) is 14.1. The van der Waals surface area contributed by atoms with Gasteiger partial charge < -0.3 is 9.47 Å². The van der Waals surface area contributed by atoms with Crippen LogP contribution >= 0.6 is 0 Å². The molecule has 0 radical (unpaired) electrons. The van der Waals surface area contributed by atoms with E-state index in [-0.39, 0.29) is 0 Å². The van der Waals surface area contributed by atoms with Gasteiger partial charge in [-0.3, -0.25) is 0 Å². The van der Waals surface area contributed by atoms with Crippen LogP contribution in [0, 0.1) is 0 Å². The molecule has 0 aliphatic carbocycles. The van der Waals surface area contributed by atoms with E-state index in [0.29, 0.717) is 17.5 Å². The molecule has 0 saturated carbocycles. The van der Waals surface area contributed by atoms with E-state index in [2.05, 4.69) is 258 Å². The Bertz CT molecular complexity index is 4220. The van der Waals surface area contributed by atoms with E-state index < -0.39 is 0 Å². The van der Waals surface area contributed by atoms with Gasteiger partial charge in [0, 0.05) is 55.6 Å². The average Bonchev–Trinajstić information content (AvgIpc) is 3.77. The summed E-state index contributed by atoms with van der Waals surface area (Å²) in [7, 11) is 0. The summed E-state index contributed by atoms with van der Waals surface area (Å²) in [5.74, 6) is 1.86. The molecule has 14 aromatic rings. The third-order valence-corrected chi connectivity index (χ3v) is 13.9. The Morgan fingerprint density at radius 1 is 0.271 bits per heavy atom. The summed E-state index contributed by atoms with van der Waals surface area (Å²) in [6, 6.07) is 89.2. The van der Waals surface area contributed by atoms with Crippen LogP contribution in [0.25, 0.3) is 116 Å². The maximum absolute atomic E-state index is 5.25. The zero-order chi connectivity index (χ0) is 46.1. The average molecular weight is 892 g/mol. The van der Waals surface area contributed by atoms with Crippen LogP contribution in [0.4, 0.5) is 17.1 Å². The second-order valence-corrected chi connectivity index (χ2v) is 18.1. The molecule has 5 heteroatoms. The van der Waals surface area contributed by atoms with Gasteiger partial charge in [-0.1, -0.05) is 182 Å². The molecule has 326 valence electrons. The highest BCUT2D eigenvalue weighted by atomic mass is 15.1. The minimum absolute atomic E-state index is 0.609. The summed E-state index contributed by atoms with van der Waals surface area (Å²) in [4.78, 5) is 18.1. The van der Waals surface area contributed by atoms with Gasteiger partial charge in [0.2, 0.25) is 0 Å². The summed E-state index contributed by atoms with van der Waals surface area (Å²) in [5.41, 5.74) is 9.31. The second-order valence-electron chi connectivity index (χ2n) is 18.1. The summed E-state index contributed by atoms with van der Waals surface area (Å²) < 4.78 is 2.42. The van der Waals surface area contributed by atoms with Crippen molar-refractivity contribution in [1.82, 2.24) is 19.5 Å². The van der Waals surface area contributed by atoms with Crippen molar-refractivity contribution in [3.63, 3.8) is 0 Å². The van der Waals surface area contributed by atoms with Gasteiger partial charge in [0.15, 0.2) is 17.5 Å². The van der Waals surface area contributed by atoms with E-state index in [1.807, 2.05) is 0 Å². The molecule has 0 aliphatic heterocycles. The number of fused-ring (bicyclic) bond motifs is 9. The number of nitrogens with zero attached hydrogens (tertiary/aromatic N) is 5. The van der Waals surface area contributed by atoms with Crippen molar-refractivity contribution in [3.05, 3.63) is 249 Å². The molecule has 0 bridgehead atoms. The van der Waals surface area contributed by atoms with Crippen molar-refractivity contribution >= 4 is 92.7 Å². The molecule has 70 heavy (non-hydrogen) atoms. The van der Waals surface area contributed by atoms with E-state index in [1.165, 1.54) is 48.5 Å². The Hall–Kier alpha value is -9.45. The first-order chi connectivity index (χ1) is 34.6. The van der Waals surface area contributed by atoms with Gasteiger partial charge in [0.25, 0.3) is 0 Å². The van der Waals surface area contributed by atoms with Crippen molar-refractivity contribution in [1.29, 1.82) is 0 Å². The Labute approximate surface area is 403 Å². The van der Waals surface area contributed by atoms with Crippen LogP contribution in [0.1, 0.15) is 0 Å². The normalized spacial score (nSPS) is 11.7. The van der Waals surface area contributed by atoms with Gasteiger partial charge in [0.05, 0.1) is 11.0 Å². The lowest BCUT2D eigenvalue weighted by atomic mass is 10.0. The minimum atomic E-state index is 0.609. The fraction of sp³-hybridized carbons (Fsp3) is 0. The van der Waals surface area contributed by atoms with Crippen molar-refractivity contribution in [2.75, 3.05) is 4.90 Å². The fourth-order valence-electron chi connectivity index (χ4n) is 10.5. The highest BCUT2D eigenvalue weighted by molar-refractivity contribution is 6.19. The second kappa shape index (κ2) is 16.1. The molecule has 12 aromatic carbocycles. The van der Waals surface area contributed by atoms with Gasteiger partial charge >= 0.3 is 0 Å². The molecule has 0 fully saturated rings. The van der Waals surface area contributed by atoms with E-state index >= 15 is 0 Å². The van der Waals surface area contributed by atoms with Crippen LogP contribution in [-0.4, -0.2) is 19.5 Å². The monoisotopic (exact) mass is 891 g/mol. The smallest absolute Gasteiger partial charge is 0.164 e. The maximum Gasteiger partial charge on any atom is 0.164 e. The SMILES string of the molecule is c1cc(-c2nc(-c3ccc4ccccc4c3)nc(-c3ccc4ccccc4c3)n2)cc(-n2c3ccc(N(c4ccc5ccccc5c4)c4ccc5ccccc5c4)cc3c3ccc4ccccc4c32)c1. The molecule has 14 rings (SSSR count). The predicted octanol–water partition coefficient (Wildman–Crippen LogP) is 17.2. The maximum atomic E-state index is 5.25. The highest BCUT2D eigenvalue weighted by Crippen LogP contribution is 2.43. The van der Waals surface area contributed by atoms with Crippen LogP contribution in [0.15, 0.2) is 249 Å². The summed E-state index contributed by atoms with van der Waals surface area (Å²) in [6.45, 7) is 0. The number of benzene rings is 12. The van der Waals surface area contributed by atoms with Crippen molar-refractivity contribution in [2.24, 2.45) is 0 Å². The number of aromatic nitrogens is 4. The van der Waals surface area contributed by atoms with Crippen LogP contribution < -0.4 is 4.90 Å². The largest absolute Gasteiger partial charge is 0.310 e. The molecule has 0 spiro atoms.